The van der Waals surface area contributed by atoms with Crippen LogP contribution in [0.3, 0.4) is 0 Å². The minimum absolute atomic E-state index is 0.159. The summed E-state index contributed by atoms with van der Waals surface area (Å²) < 4.78 is 5.36. The van der Waals surface area contributed by atoms with Crippen molar-refractivity contribution < 1.29 is 9.53 Å². The second kappa shape index (κ2) is 7.17. The van der Waals surface area contributed by atoms with Crippen LogP contribution in [0.25, 0.3) is 0 Å². The van der Waals surface area contributed by atoms with Gasteiger partial charge in [0.25, 0.3) is 0 Å². The maximum absolute atomic E-state index is 12.1. The summed E-state index contributed by atoms with van der Waals surface area (Å²) >= 11 is 0. The standard InChI is InChI=1S/C15H23NO2/c1-11-8-9-13(15(18-3)12(11)2)14(17)7-5-4-6-10-16/h8-9H,4-7,10,16H2,1-3H3. The van der Waals surface area contributed by atoms with Gasteiger partial charge in [0.15, 0.2) is 5.78 Å². The molecule has 3 nitrogen and oxygen atoms in total. The molecular weight excluding hydrogens is 226 g/mol. The molecule has 0 spiro atoms. The average molecular weight is 249 g/mol. The molecular formula is C15H23NO2. The van der Waals surface area contributed by atoms with E-state index in [1.54, 1.807) is 7.11 Å². The van der Waals surface area contributed by atoms with Crippen LogP contribution in [0.1, 0.15) is 47.2 Å². The summed E-state index contributed by atoms with van der Waals surface area (Å²) in [4.78, 5) is 12.1. The van der Waals surface area contributed by atoms with Crippen LogP contribution in [0, 0.1) is 13.8 Å². The highest BCUT2D eigenvalue weighted by molar-refractivity contribution is 5.99. The van der Waals surface area contributed by atoms with Crippen molar-refractivity contribution in [2.45, 2.75) is 39.5 Å². The zero-order valence-electron chi connectivity index (χ0n) is 11.6. The molecule has 100 valence electrons. The smallest absolute Gasteiger partial charge is 0.166 e. The molecule has 2 N–H and O–H groups in total. The Morgan fingerprint density at radius 3 is 2.56 bits per heavy atom. The van der Waals surface area contributed by atoms with Gasteiger partial charge >= 0.3 is 0 Å². The Labute approximate surface area is 109 Å². The second-order valence-electron chi connectivity index (χ2n) is 4.61. The Bertz CT molecular complexity index is 413. The average Bonchev–Trinajstić information content (AvgIpc) is 2.37. The number of ketones is 1. The van der Waals surface area contributed by atoms with Gasteiger partial charge in [0, 0.05) is 6.42 Å². The van der Waals surface area contributed by atoms with Crippen LogP contribution < -0.4 is 10.5 Å². The first-order valence-corrected chi connectivity index (χ1v) is 6.49. The number of carbonyl (C=O) groups excluding carboxylic acids is 1. The third kappa shape index (κ3) is 3.57. The molecule has 1 aromatic rings. The second-order valence-corrected chi connectivity index (χ2v) is 4.61. The fraction of sp³-hybridized carbons (Fsp3) is 0.533. The summed E-state index contributed by atoms with van der Waals surface area (Å²) in [5, 5.41) is 0. The molecule has 1 rings (SSSR count). The van der Waals surface area contributed by atoms with Gasteiger partial charge in [-0.1, -0.05) is 12.5 Å². The molecule has 0 aliphatic rings. The van der Waals surface area contributed by atoms with E-state index in [-0.39, 0.29) is 5.78 Å². The Morgan fingerprint density at radius 1 is 1.22 bits per heavy atom. The lowest BCUT2D eigenvalue weighted by molar-refractivity contribution is 0.0976. The first-order chi connectivity index (χ1) is 8.61. The van der Waals surface area contributed by atoms with Gasteiger partial charge in [-0.15, -0.1) is 0 Å². The largest absolute Gasteiger partial charge is 0.496 e. The van der Waals surface area contributed by atoms with Crippen LogP contribution >= 0.6 is 0 Å². The van der Waals surface area contributed by atoms with Crippen LogP contribution in [0.15, 0.2) is 12.1 Å². The number of hydrogen-bond acceptors (Lipinski definition) is 3. The van der Waals surface area contributed by atoms with Crippen molar-refractivity contribution in [3.63, 3.8) is 0 Å². The van der Waals surface area contributed by atoms with E-state index >= 15 is 0 Å². The van der Waals surface area contributed by atoms with Gasteiger partial charge in [-0.3, -0.25) is 4.79 Å². The van der Waals surface area contributed by atoms with Gasteiger partial charge in [-0.2, -0.15) is 0 Å². The van der Waals surface area contributed by atoms with Crippen LogP contribution in [0.2, 0.25) is 0 Å². The molecule has 0 atom stereocenters. The Balaban J connectivity index is 2.76. The van der Waals surface area contributed by atoms with Crippen molar-refractivity contribution in [2.75, 3.05) is 13.7 Å². The van der Waals surface area contributed by atoms with E-state index in [0.717, 1.165) is 36.1 Å². The normalized spacial score (nSPS) is 10.4. The van der Waals surface area contributed by atoms with Crippen LogP contribution in [0.5, 0.6) is 5.75 Å². The number of hydrogen-bond donors (Lipinski definition) is 1. The molecule has 0 saturated heterocycles. The molecule has 0 aliphatic heterocycles. The number of benzene rings is 1. The Morgan fingerprint density at radius 2 is 1.94 bits per heavy atom. The topological polar surface area (TPSA) is 52.3 Å². The quantitative estimate of drug-likeness (QED) is 0.597. The molecule has 18 heavy (non-hydrogen) atoms. The lowest BCUT2D eigenvalue weighted by Crippen LogP contribution is -2.05. The monoisotopic (exact) mass is 249 g/mol. The van der Waals surface area contributed by atoms with Crippen molar-refractivity contribution in [1.29, 1.82) is 0 Å². The molecule has 0 radical (unpaired) electrons. The Kier molecular flexibility index (Phi) is 5.86. The number of ether oxygens (including phenoxy) is 1. The highest BCUT2D eigenvalue weighted by atomic mass is 16.5. The highest BCUT2D eigenvalue weighted by Gasteiger charge is 2.14. The van der Waals surface area contributed by atoms with Gasteiger partial charge in [-0.05, 0) is 50.4 Å². The van der Waals surface area contributed by atoms with Crippen molar-refractivity contribution in [2.24, 2.45) is 5.73 Å². The summed E-state index contributed by atoms with van der Waals surface area (Å²) in [7, 11) is 1.62. The van der Waals surface area contributed by atoms with Crippen LogP contribution in [0.4, 0.5) is 0 Å². The summed E-state index contributed by atoms with van der Waals surface area (Å²) in [5.74, 6) is 0.880. The first-order valence-electron chi connectivity index (χ1n) is 6.49. The first kappa shape index (κ1) is 14.7. The SMILES string of the molecule is COc1c(C(=O)CCCCCN)ccc(C)c1C. The van der Waals surface area contributed by atoms with Gasteiger partial charge in [0.05, 0.1) is 12.7 Å². The number of methoxy groups -OCH3 is 1. The molecule has 3 heteroatoms. The van der Waals surface area contributed by atoms with Crippen LogP contribution in [-0.2, 0) is 0 Å². The number of Topliss-reactive ketones (excluding diaryl/α,β-unsaturated/α-hetero) is 1. The molecule has 0 amide bonds. The Hall–Kier alpha value is -1.35. The van der Waals surface area contributed by atoms with Crippen LogP contribution in [-0.4, -0.2) is 19.4 Å². The molecule has 0 bridgehead atoms. The molecule has 0 aliphatic carbocycles. The van der Waals surface area contributed by atoms with Gasteiger partial charge in [-0.25, -0.2) is 0 Å². The van der Waals surface area contributed by atoms with E-state index in [0.29, 0.717) is 18.5 Å². The fourth-order valence-electron chi connectivity index (χ4n) is 2.01. The van der Waals surface area contributed by atoms with E-state index in [2.05, 4.69) is 0 Å². The van der Waals surface area contributed by atoms with E-state index in [1.165, 1.54) is 0 Å². The van der Waals surface area contributed by atoms with Crippen molar-refractivity contribution in [1.82, 2.24) is 0 Å². The molecule has 1 aromatic carbocycles. The summed E-state index contributed by atoms with van der Waals surface area (Å²) in [6, 6.07) is 3.84. The highest BCUT2D eigenvalue weighted by Crippen LogP contribution is 2.27. The van der Waals surface area contributed by atoms with Crippen molar-refractivity contribution >= 4 is 5.78 Å². The maximum atomic E-state index is 12.1. The summed E-state index contributed by atoms with van der Waals surface area (Å²) in [6.07, 6.45) is 3.46. The number of rotatable bonds is 7. The lowest BCUT2D eigenvalue weighted by atomic mass is 9.98. The molecule has 0 saturated carbocycles. The maximum Gasteiger partial charge on any atom is 0.166 e. The van der Waals surface area contributed by atoms with Gasteiger partial charge in [0.1, 0.15) is 5.75 Å². The minimum atomic E-state index is 0.159. The third-order valence-corrected chi connectivity index (χ3v) is 3.29. The van der Waals surface area contributed by atoms with E-state index in [4.69, 9.17) is 10.5 Å². The number of nitrogens with two attached hydrogens (primary N) is 1. The molecule has 0 unspecified atom stereocenters. The van der Waals surface area contributed by atoms with E-state index in [9.17, 15) is 4.79 Å². The minimum Gasteiger partial charge on any atom is -0.496 e. The zero-order chi connectivity index (χ0) is 13.5. The molecule has 0 heterocycles. The lowest BCUT2D eigenvalue weighted by Gasteiger charge is -2.12. The fourth-order valence-corrected chi connectivity index (χ4v) is 2.01. The van der Waals surface area contributed by atoms with Gasteiger partial charge in [0.2, 0.25) is 0 Å². The zero-order valence-corrected chi connectivity index (χ0v) is 11.6. The predicted octanol–water partition coefficient (Wildman–Crippen LogP) is 3.01. The van der Waals surface area contributed by atoms with E-state index in [1.807, 2.05) is 26.0 Å². The van der Waals surface area contributed by atoms with E-state index < -0.39 is 0 Å². The number of unbranched alkanes of at least 4 members (excludes halogenated alkanes) is 2. The summed E-state index contributed by atoms with van der Waals surface area (Å²) in [6.45, 7) is 4.70. The molecule has 0 aromatic heterocycles. The predicted molar refractivity (Wildman–Crippen MR) is 74.3 cm³/mol. The van der Waals surface area contributed by atoms with Crippen molar-refractivity contribution in [3.8, 4) is 5.75 Å². The van der Waals surface area contributed by atoms with Crippen molar-refractivity contribution in [3.05, 3.63) is 28.8 Å². The molecule has 0 fully saturated rings. The third-order valence-electron chi connectivity index (χ3n) is 3.29. The van der Waals surface area contributed by atoms with Gasteiger partial charge < -0.3 is 10.5 Å². The summed E-state index contributed by atoms with van der Waals surface area (Å²) in [5.41, 5.74) is 8.33. The number of carbonyl (C=O) groups is 1. The number of aryl methyl sites for hydroxylation is 1.